The molecule has 0 amide bonds. The Labute approximate surface area is 104 Å². The molecule has 0 radical (unpaired) electrons. The van der Waals surface area contributed by atoms with E-state index < -0.39 is 0 Å². The van der Waals surface area contributed by atoms with Gasteiger partial charge in [0, 0.05) is 13.7 Å². The average molecular weight is 237 g/mol. The third kappa shape index (κ3) is 5.31. The summed E-state index contributed by atoms with van der Waals surface area (Å²) in [6.45, 7) is 4.80. The van der Waals surface area contributed by atoms with Gasteiger partial charge in [0.2, 0.25) is 0 Å². The van der Waals surface area contributed by atoms with Crippen LogP contribution in [0.15, 0.2) is 24.3 Å². The fraction of sp³-hybridized carbons (Fsp3) is 0.571. The summed E-state index contributed by atoms with van der Waals surface area (Å²) in [6, 6.07) is 8.57. The molecule has 0 aliphatic rings. The summed E-state index contributed by atoms with van der Waals surface area (Å²) in [5.74, 6) is 0.387. The Balaban J connectivity index is 2.35. The first-order valence-corrected chi connectivity index (χ1v) is 6.11. The Morgan fingerprint density at radius 3 is 2.41 bits per heavy atom. The highest BCUT2D eigenvalue weighted by molar-refractivity contribution is 5.24. The number of benzene rings is 1. The first kappa shape index (κ1) is 14.2. The average Bonchev–Trinajstić information content (AvgIpc) is 2.35. The molecule has 17 heavy (non-hydrogen) atoms. The number of hydrogen-bond acceptors (Lipinski definition) is 3. The van der Waals surface area contributed by atoms with Gasteiger partial charge in [-0.05, 0) is 31.4 Å². The molecular formula is C14H23NO2. The first-order valence-electron chi connectivity index (χ1n) is 6.11. The van der Waals surface area contributed by atoms with E-state index in [1.807, 2.05) is 0 Å². The van der Waals surface area contributed by atoms with Crippen molar-refractivity contribution in [3.63, 3.8) is 0 Å². The molecule has 0 aliphatic heterocycles. The van der Waals surface area contributed by atoms with Crippen LogP contribution in [0.2, 0.25) is 0 Å². The van der Waals surface area contributed by atoms with Crippen LogP contribution in [-0.4, -0.2) is 33.5 Å². The number of methoxy groups -OCH3 is 1. The van der Waals surface area contributed by atoms with Crippen molar-refractivity contribution >= 4 is 0 Å². The summed E-state index contributed by atoms with van der Waals surface area (Å²) in [5.41, 5.74) is 8.38. The van der Waals surface area contributed by atoms with Gasteiger partial charge in [0.05, 0.1) is 13.2 Å². The minimum Gasteiger partial charge on any atom is -0.382 e. The lowest BCUT2D eigenvalue weighted by Crippen LogP contribution is -2.15. The second-order valence-corrected chi connectivity index (χ2v) is 4.24. The minimum absolute atomic E-state index is 0.387. The van der Waals surface area contributed by atoms with Gasteiger partial charge in [-0.1, -0.05) is 29.8 Å². The molecule has 1 aromatic carbocycles. The van der Waals surface area contributed by atoms with Gasteiger partial charge in [-0.3, -0.25) is 0 Å². The maximum atomic E-state index is 5.80. The lowest BCUT2D eigenvalue weighted by Gasteiger charge is -2.15. The fourth-order valence-corrected chi connectivity index (χ4v) is 1.73. The summed E-state index contributed by atoms with van der Waals surface area (Å²) in [4.78, 5) is 0. The van der Waals surface area contributed by atoms with E-state index in [4.69, 9.17) is 15.2 Å². The third-order valence-electron chi connectivity index (χ3n) is 2.88. The van der Waals surface area contributed by atoms with Crippen LogP contribution in [0, 0.1) is 6.92 Å². The lowest BCUT2D eigenvalue weighted by molar-refractivity contribution is 0.0672. The number of rotatable bonds is 8. The van der Waals surface area contributed by atoms with Crippen molar-refractivity contribution in [2.45, 2.75) is 19.3 Å². The Kier molecular flexibility index (Phi) is 6.86. The van der Waals surface area contributed by atoms with Crippen LogP contribution < -0.4 is 5.73 Å². The zero-order valence-corrected chi connectivity index (χ0v) is 10.8. The van der Waals surface area contributed by atoms with E-state index in [0.717, 1.165) is 13.0 Å². The quantitative estimate of drug-likeness (QED) is 0.704. The molecule has 1 atom stereocenters. The molecule has 2 N–H and O–H groups in total. The van der Waals surface area contributed by atoms with Crippen LogP contribution in [0.1, 0.15) is 23.5 Å². The van der Waals surface area contributed by atoms with Gasteiger partial charge in [-0.15, -0.1) is 0 Å². The number of nitrogens with two attached hydrogens (primary N) is 1. The third-order valence-corrected chi connectivity index (χ3v) is 2.88. The molecule has 1 rings (SSSR count). The minimum atomic E-state index is 0.387. The maximum Gasteiger partial charge on any atom is 0.0700 e. The van der Waals surface area contributed by atoms with E-state index in [9.17, 15) is 0 Å². The normalized spacial score (nSPS) is 12.6. The predicted molar refractivity (Wildman–Crippen MR) is 70.3 cm³/mol. The highest BCUT2D eigenvalue weighted by Gasteiger charge is 2.09. The maximum absolute atomic E-state index is 5.80. The molecule has 0 spiro atoms. The van der Waals surface area contributed by atoms with E-state index in [-0.39, 0.29) is 0 Å². The largest absolute Gasteiger partial charge is 0.382 e. The fourth-order valence-electron chi connectivity index (χ4n) is 1.73. The highest BCUT2D eigenvalue weighted by Crippen LogP contribution is 2.18. The zero-order valence-electron chi connectivity index (χ0n) is 10.8. The van der Waals surface area contributed by atoms with Crippen molar-refractivity contribution in [1.29, 1.82) is 0 Å². The van der Waals surface area contributed by atoms with Gasteiger partial charge in [-0.25, -0.2) is 0 Å². The van der Waals surface area contributed by atoms with Crippen molar-refractivity contribution in [2.24, 2.45) is 5.73 Å². The molecular weight excluding hydrogens is 214 g/mol. The summed E-state index contributed by atoms with van der Waals surface area (Å²) in [6.07, 6.45) is 0.962. The molecule has 0 fully saturated rings. The molecule has 0 heterocycles. The van der Waals surface area contributed by atoms with Crippen LogP contribution in [-0.2, 0) is 9.47 Å². The molecule has 0 aliphatic carbocycles. The molecule has 0 saturated heterocycles. The molecule has 3 heteroatoms. The van der Waals surface area contributed by atoms with Gasteiger partial charge in [0.15, 0.2) is 0 Å². The van der Waals surface area contributed by atoms with E-state index in [0.29, 0.717) is 25.7 Å². The molecule has 0 saturated carbocycles. The Morgan fingerprint density at radius 2 is 1.82 bits per heavy atom. The Bertz CT molecular complexity index is 298. The Morgan fingerprint density at radius 1 is 1.12 bits per heavy atom. The Hall–Kier alpha value is -0.900. The topological polar surface area (TPSA) is 44.5 Å². The van der Waals surface area contributed by atoms with Crippen molar-refractivity contribution in [3.05, 3.63) is 35.4 Å². The van der Waals surface area contributed by atoms with Crippen molar-refractivity contribution < 1.29 is 9.47 Å². The van der Waals surface area contributed by atoms with Crippen molar-refractivity contribution in [2.75, 3.05) is 33.5 Å². The lowest BCUT2D eigenvalue weighted by atomic mass is 9.95. The second kappa shape index (κ2) is 8.23. The van der Waals surface area contributed by atoms with Gasteiger partial charge < -0.3 is 15.2 Å². The van der Waals surface area contributed by atoms with E-state index >= 15 is 0 Å². The van der Waals surface area contributed by atoms with Crippen LogP contribution in [0.5, 0.6) is 0 Å². The van der Waals surface area contributed by atoms with Crippen LogP contribution in [0.4, 0.5) is 0 Å². The SMILES string of the molecule is COCCOCCC(CN)c1ccc(C)cc1. The van der Waals surface area contributed by atoms with Crippen molar-refractivity contribution in [3.8, 4) is 0 Å². The van der Waals surface area contributed by atoms with Gasteiger partial charge >= 0.3 is 0 Å². The second-order valence-electron chi connectivity index (χ2n) is 4.24. The number of ether oxygens (including phenoxy) is 2. The molecule has 0 aromatic heterocycles. The van der Waals surface area contributed by atoms with Gasteiger partial charge in [0.1, 0.15) is 0 Å². The van der Waals surface area contributed by atoms with Crippen LogP contribution in [0.3, 0.4) is 0 Å². The summed E-state index contributed by atoms with van der Waals surface area (Å²) >= 11 is 0. The van der Waals surface area contributed by atoms with E-state index in [1.165, 1.54) is 11.1 Å². The molecule has 3 nitrogen and oxygen atoms in total. The van der Waals surface area contributed by atoms with Gasteiger partial charge in [0.25, 0.3) is 0 Å². The van der Waals surface area contributed by atoms with Gasteiger partial charge in [-0.2, -0.15) is 0 Å². The number of aryl methyl sites for hydroxylation is 1. The predicted octanol–water partition coefficient (Wildman–Crippen LogP) is 2.09. The summed E-state index contributed by atoms with van der Waals surface area (Å²) in [5, 5.41) is 0. The smallest absolute Gasteiger partial charge is 0.0700 e. The molecule has 96 valence electrons. The highest BCUT2D eigenvalue weighted by atomic mass is 16.5. The zero-order chi connectivity index (χ0) is 12.5. The molecule has 1 aromatic rings. The number of hydrogen-bond donors (Lipinski definition) is 1. The van der Waals surface area contributed by atoms with Crippen LogP contribution in [0.25, 0.3) is 0 Å². The van der Waals surface area contributed by atoms with E-state index in [1.54, 1.807) is 7.11 Å². The molecule has 1 unspecified atom stereocenters. The summed E-state index contributed by atoms with van der Waals surface area (Å²) in [7, 11) is 1.68. The standard InChI is InChI=1S/C14H23NO2/c1-12-3-5-13(6-4-12)14(11-15)7-8-17-10-9-16-2/h3-6,14H,7-11,15H2,1-2H3. The van der Waals surface area contributed by atoms with Crippen molar-refractivity contribution in [1.82, 2.24) is 0 Å². The molecule has 0 bridgehead atoms. The van der Waals surface area contributed by atoms with E-state index in [2.05, 4.69) is 31.2 Å². The summed E-state index contributed by atoms with van der Waals surface area (Å²) < 4.78 is 10.4. The first-order chi connectivity index (χ1) is 8.27. The monoisotopic (exact) mass is 237 g/mol. The van der Waals surface area contributed by atoms with Crippen LogP contribution >= 0.6 is 0 Å².